The normalized spacial score (nSPS) is 10.5. The number of rotatable bonds is 6. The van der Waals surface area contributed by atoms with E-state index in [9.17, 15) is 4.79 Å². The molecule has 0 aliphatic heterocycles. The summed E-state index contributed by atoms with van der Waals surface area (Å²) in [7, 11) is 1.63. The van der Waals surface area contributed by atoms with Gasteiger partial charge in [-0.15, -0.1) is 0 Å². The van der Waals surface area contributed by atoms with Crippen LogP contribution in [0.2, 0.25) is 0 Å². The predicted octanol–water partition coefficient (Wildman–Crippen LogP) is 2.63. The molecule has 0 bridgehead atoms. The van der Waals surface area contributed by atoms with E-state index in [2.05, 4.69) is 0 Å². The number of carbonyl (C=O) groups is 1. The molecule has 4 nitrogen and oxygen atoms in total. The number of ether oxygens (including phenoxy) is 1. The molecule has 0 atom stereocenters. The van der Waals surface area contributed by atoms with Crippen molar-refractivity contribution in [3.8, 4) is 0 Å². The number of hydrogen-bond donors (Lipinski definition) is 0. The second kappa shape index (κ2) is 6.37. The number of thiophene rings is 1. The van der Waals surface area contributed by atoms with Crippen molar-refractivity contribution in [2.75, 3.05) is 20.3 Å². The topological polar surface area (TPSA) is 42.7 Å². The van der Waals surface area contributed by atoms with Crippen molar-refractivity contribution < 1.29 is 13.9 Å². The summed E-state index contributed by atoms with van der Waals surface area (Å²) >= 11 is 1.52. The van der Waals surface area contributed by atoms with Gasteiger partial charge < -0.3 is 14.1 Å². The number of amides is 1. The number of nitrogens with zero attached hydrogens (tertiary/aromatic N) is 1. The van der Waals surface area contributed by atoms with Crippen molar-refractivity contribution in [1.82, 2.24) is 4.90 Å². The Morgan fingerprint density at radius 3 is 3.00 bits per heavy atom. The zero-order valence-corrected chi connectivity index (χ0v) is 11.0. The lowest BCUT2D eigenvalue weighted by Crippen LogP contribution is -2.33. The smallest absolute Gasteiger partial charge is 0.255 e. The minimum atomic E-state index is 0.0227. The Morgan fingerprint density at radius 1 is 1.50 bits per heavy atom. The first-order valence-electron chi connectivity index (χ1n) is 5.62. The average Bonchev–Trinajstić information content (AvgIpc) is 3.06. The molecule has 5 heteroatoms. The Kier molecular flexibility index (Phi) is 4.55. The molecule has 0 fully saturated rings. The van der Waals surface area contributed by atoms with Gasteiger partial charge in [-0.25, -0.2) is 0 Å². The Bertz CT molecular complexity index is 464. The molecule has 0 aliphatic rings. The Balaban J connectivity index is 2.07. The maximum Gasteiger partial charge on any atom is 0.255 e. The van der Waals surface area contributed by atoms with Gasteiger partial charge in [-0.1, -0.05) is 0 Å². The van der Waals surface area contributed by atoms with Crippen molar-refractivity contribution >= 4 is 17.2 Å². The van der Waals surface area contributed by atoms with E-state index in [0.29, 0.717) is 19.7 Å². The van der Waals surface area contributed by atoms with E-state index in [1.54, 1.807) is 24.5 Å². The van der Waals surface area contributed by atoms with Crippen LogP contribution in [0.25, 0.3) is 0 Å². The quantitative estimate of drug-likeness (QED) is 0.806. The molecule has 0 N–H and O–H groups in total. The minimum Gasteiger partial charge on any atom is -0.472 e. The standard InChI is InChI=1S/C13H15NO3S/c1-16-6-4-14(8-11-2-5-17-9-11)13(15)12-3-7-18-10-12/h2-3,5,7,9-10H,4,6,8H2,1H3. The van der Waals surface area contributed by atoms with E-state index >= 15 is 0 Å². The van der Waals surface area contributed by atoms with Gasteiger partial charge in [0.2, 0.25) is 0 Å². The summed E-state index contributed by atoms with van der Waals surface area (Å²) in [5, 5.41) is 3.76. The van der Waals surface area contributed by atoms with Gasteiger partial charge in [0.15, 0.2) is 0 Å². The van der Waals surface area contributed by atoms with Crippen LogP contribution >= 0.6 is 11.3 Å². The van der Waals surface area contributed by atoms with Crippen LogP contribution in [0.15, 0.2) is 39.8 Å². The van der Waals surface area contributed by atoms with E-state index < -0.39 is 0 Å². The molecule has 0 radical (unpaired) electrons. The SMILES string of the molecule is COCCN(Cc1ccoc1)C(=O)c1ccsc1. The van der Waals surface area contributed by atoms with Crippen molar-refractivity contribution in [2.24, 2.45) is 0 Å². The molecule has 0 spiro atoms. The Morgan fingerprint density at radius 2 is 2.39 bits per heavy atom. The number of carbonyl (C=O) groups excluding carboxylic acids is 1. The van der Waals surface area contributed by atoms with Crippen LogP contribution in [0.5, 0.6) is 0 Å². The lowest BCUT2D eigenvalue weighted by atomic mass is 10.2. The van der Waals surface area contributed by atoms with Crippen molar-refractivity contribution in [3.05, 3.63) is 46.5 Å². The zero-order valence-electron chi connectivity index (χ0n) is 10.2. The number of methoxy groups -OCH3 is 1. The van der Waals surface area contributed by atoms with Crippen LogP contribution in [-0.2, 0) is 11.3 Å². The van der Waals surface area contributed by atoms with Gasteiger partial charge in [-0.3, -0.25) is 4.79 Å². The zero-order chi connectivity index (χ0) is 12.8. The summed E-state index contributed by atoms with van der Waals surface area (Å²) in [6.07, 6.45) is 3.26. The molecule has 0 saturated heterocycles. The molecule has 2 rings (SSSR count). The van der Waals surface area contributed by atoms with E-state index in [0.717, 1.165) is 11.1 Å². The highest BCUT2D eigenvalue weighted by Gasteiger charge is 2.16. The number of hydrogen-bond acceptors (Lipinski definition) is 4. The first-order valence-corrected chi connectivity index (χ1v) is 6.57. The first-order chi connectivity index (χ1) is 8.81. The van der Waals surface area contributed by atoms with Gasteiger partial charge >= 0.3 is 0 Å². The fraction of sp³-hybridized carbons (Fsp3) is 0.308. The Labute approximate surface area is 110 Å². The number of furan rings is 1. The Hall–Kier alpha value is -1.59. The van der Waals surface area contributed by atoms with Crippen LogP contribution in [0.3, 0.4) is 0 Å². The van der Waals surface area contributed by atoms with E-state index in [1.165, 1.54) is 11.3 Å². The highest BCUT2D eigenvalue weighted by atomic mass is 32.1. The molecule has 96 valence electrons. The van der Waals surface area contributed by atoms with E-state index in [1.807, 2.05) is 22.9 Å². The summed E-state index contributed by atoms with van der Waals surface area (Å²) in [5.41, 5.74) is 1.70. The monoisotopic (exact) mass is 265 g/mol. The summed E-state index contributed by atoms with van der Waals surface area (Å²) in [4.78, 5) is 14.0. The molecule has 2 aromatic heterocycles. The predicted molar refractivity (Wildman–Crippen MR) is 69.6 cm³/mol. The van der Waals surface area contributed by atoms with Crippen LogP contribution in [0, 0.1) is 0 Å². The third kappa shape index (κ3) is 3.21. The molecule has 0 unspecified atom stereocenters. The molecule has 0 aromatic carbocycles. The fourth-order valence-corrected chi connectivity index (χ4v) is 2.26. The van der Waals surface area contributed by atoms with Gasteiger partial charge in [-0.05, 0) is 17.5 Å². The van der Waals surface area contributed by atoms with Crippen LogP contribution in [-0.4, -0.2) is 31.1 Å². The van der Waals surface area contributed by atoms with Crippen molar-refractivity contribution in [3.63, 3.8) is 0 Å². The van der Waals surface area contributed by atoms with Gasteiger partial charge in [0.05, 0.1) is 24.7 Å². The highest BCUT2D eigenvalue weighted by molar-refractivity contribution is 7.08. The maximum atomic E-state index is 12.3. The van der Waals surface area contributed by atoms with Crippen molar-refractivity contribution in [1.29, 1.82) is 0 Å². The third-order valence-corrected chi connectivity index (χ3v) is 3.26. The highest BCUT2D eigenvalue weighted by Crippen LogP contribution is 2.13. The molecular formula is C13H15NO3S. The lowest BCUT2D eigenvalue weighted by Gasteiger charge is -2.21. The third-order valence-electron chi connectivity index (χ3n) is 2.57. The summed E-state index contributed by atoms with van der Waals surface area (Å²) in [6, 6.07) is 3.70. The van der Waals surface area contributed by atoms with Gasteiger partial charge in [0.25, 0.3) is 5.91 Å². The van der Waals surface area contributed by atoms with Crippen LogP contribution in [0.4, 0.5) is 0 Å². The fourth-order valence-electron chi connectivity index (χ4n) is 1.63. The molecular weight excluding hydrogens is 250 g/mol. The van der Waals surface area contributed by atoms with Crippen LogP contribution in [0.1, 0.15) is 15.9 Å². The molecule has 1 amide bonds. The summed E-state index contributed by atoms with van der Waals surface area (Å²) < 4.78 is 10.1. The van der Waals surface area contributed by atoms with Crippen LogP contribution < -0.4 is 0 Å². The van der Waals surface area contributed by atoms with Crippen molar-refractivity contribution in [2.45, 2.75) is 6.54 Å². The summed E-state index contributed by atoms with van der Waals surface area (Å²) in [5.74, 6) is 0.0227. The largest absolute Gasteiger partial charge is 0.472 e. The van der Waals surface area contributed by atoms with E-state index in [4.69, 9.17) is 9.15 Å². The van der Waals surface area contributed by atoms with Gasteiger partial charge in [0.1, 0.15) is 0 Å². The summed E-state index contributed by atoms with van der Waals surface area (Å²) in [6.45, 7) is 1.62. The second-order valence-electron chi connectivity index (χ2n) is 3.86. The second-order valence-corrected chi connectivity index (χ2v) is 4.64. The minimum absolute atomic E-state index is 0.0227. The van der Waals surface area contributed by atoms with E-state index in [-0.39, 0.29) is 5.91 Å². The molecule has 2 aromatic rings. The molecule has 2 heterocycles. The van der Waals surface area contributed by atoms with Gasteiger partial charge in [-0.2, -0.15) is 11.3 Å². The molecule has 0 aliphatic carbocycles. The maximum absolute atomic E-state index is 12.3. The lowest BCUT2D eigenvalue weighted by molar-refractivity contribution is 0.0680. The first kappa shape index (κ1) is 12.9. The molecule has 18 heavy (non-hydrogen) atoms. The van der Waals surface area contributed by atoms with Gasteiger partial charge in [0, 0.05) is 31.1 Å². The average molecular weight is 265 g/mol. The molecule has 0 saturated carbocycles.